The fourth-order valence-electron chi connectivity index (χ4n) is 1.82. The SMILES string of the molecule is CS(=O)(=O)CCCC(=O)C(CN)c1ccccc1. The molecular formula is C13H19NO3S. The van der Waals surface area contributed by atoms with Crippen molar-refractivity contribution < 1.29 is 13.2 Å². The Hall–Kier alpha value is -1.20. The Balaban J connectivity index is 2.59. The minimum absolute atomic E-state index is 0.00681. The minimum atomic E-state index is -3.00. The molecule has 0 bridgehead atoms. The summed E-state index contributed by atoms with van der Waals surface area (Å²) in [5.74, 6) is -0.275. The van der Waals surface area contributed by atoms with Gasteiger partial charge in [-0.25, -0.2) is 8.42 Å². The van der Waals surface area contributed by atoms with E-state index in [1.54, 1.807) is 0 Å². The van der Waals surface area contributed by atoms with Gasteiger partial charge in [-0.15, -0.1) is 0 Å². The Morgan fingerprint density at radius 3 is 2.39 bits per heavy atom. The zero-order valence-electron chi connectivity index (χ0n) is 10.5. The molecule has 1 aromatic rings. The number of hydrogen-bond donors (Lipinski definition) is 1. The topological polar surface area (TPSA) is 77.2 Å². The third-order valence-corrected chi connectivity index (χ3v) is 3.79. The second-order valence-corrected chi connectivity index (χ2v) is 6.66. The largest absolute Gasteiger partial charge is 0.329 e. The van der Waals surface area contributed by atoms with E-state index in [0.717, 1.165) is 5.56 Å². The number of carbonyl (C=O) groups is 1. The molecule has 2 N–H and O–H groups in total. The lowest BCUT2D eigenvalue weighted by atomic mass is 9.92. The van der Waals surface area contributed by atoms with Crippen molar-refractivity contribution in [3.05, 3.63) is 35.9 Å². The molecule has 0 aromatic heterocycles. The highest BCUT2D eigenvalue weighted by Gasteiger charge is 2.18. The molecule has 18 heavy (non-hydrogen) atoms. The van der Waals surface area contributed by atoms with E-state index in [4.69, 9.17) is 5.73 Å². The summed E-state index contributed by atoms with van der Waals surface area (Å²) in [6.07, 6.45) is 1.79. The average Bonchev–Trinajstić information content (AvgIpc) is 2.29. The van der Waals surface area contributed by atoms with Crippen LogP contribution in [0.25, 0.3) is 0 Å². The maximum Gasteiger partial charge on any atom is 0.147 e. The Kier molecular flexibility index (Phi) is 5.50. The highest BCUT2D eigenvalue weighted by Crippen LogP contribution is 2.17. The van der Waals surface area contributed by atoms with Gasteiger partial charge in [0.15, 0.2) is 0 Å². The normalized spacial score (nSPS) is 13.2. The van der Waals surface area contributed by atoms with Crippen LogP contribution in [0.5, 0.6) is 0 Å². The molecule has 0 saturated carbocycles. The second-order valence-electron chi connectivity index (χ2n) is 4.40. The first kappa shape index (κ1) is 14.9. The number of sulfone groups is 1. The van der Waals surface area contributed by atoms with Crippen molar-refractivity contribution in [3.63, 3.8) is 0 Å². The summed E-state index contributed by atoms with van der Waals surface area (Å²) in [4.78, 5) is 12.0. The van der Waals surface area contributed by atoms with Crippen molar-refractivity contribution in [2.45, 2.75) is 18.8 Å². The fraction of sp³-hybridized carbons (Fsp3) is 0.462. The van der Waals surface area contributed by atoms with E-state index in [9.17, 15) is 13.2 Å². The molecule has 0 amide bonds. The molecule has 1 unspecified atom stereocenters. The predicted octanol–water partition coefficient (Wildman–Crippen LogP) is 1.12. The van der Waals surface area contributed by atoms with Gasteiger partial charge in [0, 0.05) is 19.2 Å². The first-order chi connectivity index (χ1) is 8.44. The van der Waals surface area contributed by atoms with E-state index in [-0.39, 0.29) is 30.4 Å². The number of rotatable bonds is 7. The van der Waals surface area contributed by atoms with Gasteiger partial charge in [-0.2, -0.15) is 0 Å². The molecule has 1 aromatic carbocycles. The highest BCUT2D eigenvalue weighted by atomic mass is 32.2. The molecule has 100 valence electrons. The van der Waals surface area contributed by atoms with Crippen molar-refractivity contribution in [3.8, 4) is 0 Å². The van der Waals surface area contributed by atoms with Crippen molar-refractivity contribution in [2.24, 2.45) is 5.73 Å². The van der Waals surface area contributed by atoms with Gasteiger partial charge in [0.25, 0.3) is 0 Å². The lowest BCUT2D eigenvalue weighted by Crippen LogP contribution is -2.22. The first-order valence-corrected chi connectivity index (χ1v) is 7.95. The van der Waals surface area contributed by atoms with Crippen LogP contribution in [0, 0.1) is 0 Å². The smallest absolute Gasteiger partial charge is 0.147 e. The van der Waals surface area contributed by atoms with Crippen molar-refractivity contribution >= 4 is 15.6 Å². The minimum Gasteiger partial charge on any atom is -0.329 e. The van der Waals surface area contributed by atoms with Gasteiger partial charge in [0.2, 0.25) is 0 Å². The van der Waals surface area contributed by atoms with Crippen LogP contribution >= 0.6 is 0 Å². The van der Waals surface area contributed by atoms with Crippen molar-refractivity contribution in [1.82, 2.24) is 0 Å². The third-order valence-electron chi connectivity index (χ3n) is 2.76. The summed E-state index contributed by atoms with van der Waals surface area (Å²) in [5, 5.41) is 0. The zero-order chi connectivity index (χ0) is 13.6. The van der Waals surface area contributed by atoms with Crippen molar-refractivity contribution in [2.75, 3.05) is 18.6 Å². The van der Waals surface area contributed by atoms with Crippen LogP contribution in [-0.2, 0) is 14.6 Å². The zero-order valence-corrected chi connectivity index (χ0v) is 11.3. The molecule has 0 saturated heterocycles. The monoisotopic (exact) mass is 269 g/mol. The lowest BCUT2D eigenvalue weighted by Gasteiger charge is -2.13. The molecule has 0 aliphatic carbocycles. The average molecular weight is 269 g/mol. The number of nitrogens with two attached hydrogens (primary N) is 1. The number of ketones is 1. The first-order valence-electron chi connectivity index (χ1n) is 5.89. The Morgan fingerprint density at radius 1 is 1.28 bits per heavy atom. The van der Waals surface area contributed by atoms with Gasteiger partial charge in [0.05, 0.1) is 11.7 Å². The molecule has 0 aliphatic heterocycles. The molecule has 0 spiro atoms. The number of benzene rings is 1. The Morgan fingerprint density at radius 2 is 1.89 bits per heavy atom. The summed E-state index contributed by atoms with van der Waals surface area (Å²) in [7, 11) is -3.00. The van der Waals surface area contributed by atoms with Gasteiger partial charge < -0.3 is 5.73 Å². The van der Waals surface area contributed by atoms with Crippen LogP contribution in [0.4, 0.5) is 0 Å². The molecule has 4 nitrogen and oxygen atoms in total. The molecule has 0 heterocycles. The number of carbonyl (C=O) groups excluding carboxylic acids is 1. The number of Topliss-reactive ketones (excluding diaryl/α,β-unsaturated/α-hetero) is 1. The molecule has 0 aliphatic rings. The summed E-state index contributed by atoms with van der Waals surface area (Å²) in [6.45, 7) is 0.252. The molecule has 1 rings (SSSR count). The van der Waals surface area contributed by atoms with Crippen LogP contribution in [0.15, 0.2) is 30.3 Å². The van der Waals surface area contributed by atoms with Gasteiger partial charge in [-0.1, -0.05) is 30.3 Å². The molecule has 5 heteroatoms. The van der Waals surface area contributed by atoms with E-state index < -0.39 is 9.84 Å². The second kappa shape index (κ2) is 6.66. The molecule has 0 fully saturated rings. The van der Waals surface area contributed by atoms with E-state index in [1.165, 1.54) is 6.26 Å². The van der Waals surface area contributed by atoms with Crippen molar-refractivity contribution in [1.29, 1.82) is 0 Å². The summed E-state index contributed by atoms with van der Waals surface area (Å²) in [5.41, 5.74) is 6.52. The lowest BCUT2D eigenvalue weighted by molar-refractivity contribution is -0.120. The quantitative estimate of drug-likeness (QED) is 0.804. The molecule has 0 radical (unpaired) electrons. The van der Waals surface area contributed by atoms with Crippen LogP contribution in [0.3, 0.4) is 0 Å². The Bertz CT molecular complexity index is 482. The third kappa shape index (κ3) is 4.98. The van der Waals surface area contributed by atoms with E-state index >= 15 is 0 Å². The van der Waals surface area contributed by atoms with E-state index in [2.05, 4.69) is 0 Å². The summed E-state index contributed by atoms with van der Waals surface area (Å²) < 4.78 is 22.0. The van der Waals surface area contributed by atoms with Crippen LogP contribution in [0.2, 0.25) is 0 Å². The van der Waals surface area contributed by atoms with Gasteiger partial charge in [-0.05, 0) is 12.0 Å². The standard InChI is InChI=1S/C13H19NO3S/c1-18(16,17)9-5-8-13(15)12(10-14)11-6-3-2-4-7-11/h2-4,6-7,12H,5,8-10,14H2,1H3. The maximum absolute atomic E-state index is 12.0. The van der Waals surface area contributed by atoms with Gasteiger partial charge in [-0.3, -0.25) is 4.79 Å². The van der Waals surface area contributed by atoms with Crippen LogP contribution in [0.1, 0.15) is 24.3 Å². The highest BCUT2D eigenvalue weighted by molar-refractivity contribution is 7.90. The number of hydrogen-bond acceptors (Lipinski definition) is 4. The van der Waals surface area contributed by atoms with E-state index in [1.807, 2.05) is 30.3 Å². The molecule has 1 atom stereocenters. The fourth-order valence-corrected chi connectivity index (χ4v) is 2.49. The molecular weight excluding hydrogens is 250 g/mol. The van der Waals surface area contributed by atoms with Crippen LogP contribution in [-0.4, -0.2) is 32.8 Å². The summed E-state index contributed by atoms with van der Waals surface area (Å²) in [6, 6.07) is 9.34. The van der Waals surface area contributed by atoms with Gasteiger partial charge in [0.1, 0.15) is 15.6 Å². The van der Waals surface area contributed by atoms with Crippen LogP contribution < -0.4 is 5.73 Å². The Labute approximate surface area is 108 Å². The predicted molar refractivity (Wildman–Crippen MR) is 72.2 cm³/mol. The van der Waals surface area contributed by atoms with Gasteiger partial charge >= 0.3 is 0 Å². The van der Waals surface area contributed by atoms with E-state index in [0.29, 0.717) is 6.42 Å². The summed E-state index contributed by atoms with van der Waals surface area (Å²) >= 11 is 0. The maximum atomic E-state index is 12.0.